The number of hydrogen-bond donors (Lipinski definition) is 2. The summed E-state index contributed by atoms with van der Waals surface area (Å²) in [6, 6.07) is 7.68. The Labute approximate surface area is 184 Å². The van der Waals surface area contributed by atoms with E-state index >= 15 is 0 Å². The van der Waals surface area contributed by atoms with Gasteiger partial charge in [-0.15, -0.1) is 0 Å². The molecule has 2 amide bonds. The second-order valence-corrected chi connectivity index (χ2v) is 9.37. The van der Waals surface area contributed by atoms with Gasteiger partial charge in [-0.3, -0.25) is 14.5 Å². The van der Waals surface area contributed by atoms with Crippen molar-refractivity contribution in [1.29, 1.82) is 0 Å². The van der Waals surface area contributed by atoms with E-state index < -0.39 is 6.04 Å². The Morgan fingerprint density at radius 3 is 2.42 bits per heavy atom. The van der Waals surface area contributed by atoms with Crippen LogP contribution in [0.3, 0.4) is 0 Å². The van der Waals surface area contributed by atoms with Gasteiger partial charge in [0.05, 0.1) is 0 Å². The Morgan fingerprint density at radius 1 is 1.03 bits per heavy atom. The second-order valence-electron chi connectivity index (χ2n) is 9.37. The summed E-state index contributed by atoms with van der Waals surface area (Å²) in [5.41, 5.74) is 1.49. The fraction of sp³-hybridized carbons (Fsp3) is 0.583. The molecule has 0 bridgehead atoms. The third-order valence-electron chi connectivity index (χ3n) is 6.87. The van der Waals surface area contributed by atoms with Gasteiger partial charge in [0.15, 0.2) is 0 Å². The number of nitrogens with zero attached hydrogens (tertiary/aromatic N) is 3. The Hall–Kier alpha value is -2.38. The van der Waals surface area contributed by atoms with E-state index in [4.69, 9.17) is 0 Å². The molecule has 168 valence electrons. The third-order valence-corrected chi connectivity index (χ3v) is 6.87. The molecule has 2 aliphatic rings. The summed E-state index contributed by atoms with van der Waals surface area (Å²) >= 11 is 0. The van der Waals surface area contributed by atoms with E-state index in [0.29, 0.717) is 11.6 Å². The predicted molar refractivity (Wildman–Crippen MR) is 123 cm³/mol. The summed E-state index contributed by atoms with van der Waals surface area (Å²) < 4.78 is 0. The molecule has 2 aliphatic heterocycles. The molecular formula is C24H35N5O2. The van der Waals surface area contributed by atoms with Crippen LogP contribution in [0.2, 0.25) is 0 Å². The average molecular weight is 426 g/mol. The molecule has 1 aromatic heterocycles. The topological polar surface area (TPSA) is 71.7 Å². The normalized spacial score (nSPS) is 20.3. The molecule has 31 heavy (non-hydrogen) atoms. The molecule has 1 aromatic carbocycles. The molecule has 2 saturated heterocycles. The van der Waals surface area contributed by atoms with Gasteiger partial charge in [-0.25, -0.2) is 0 Å². The molecule has 1 atom stereocenters. The van der Waals surface area contributed by atoms with Crippen molar-refractivity contribution in [2.24, 2.45) is 5.92 Å². The van der Waals surface area contributed by atoms with Crippen molar-refractivity contribution in [1.82, 2.24) is 25.0 Å². The lowest BCUT2D eigenvalue weighted by atomic mass is 10.0. The van der Waals surface area contributed by atoms with Crippen LogP contribution in [0, 0.1) is 5.92 Å². The van der Waals surface area contributed by atoms with Gasteiger partial charge in [-0.2, -0.15) is 0 Å². The molecule has 0 aliphatic carbocycles. The number of piperidine rings is 1. The number of nitrogens with one attached hydrogen (secondary N) is 2. The first-order valence-electron chi connectivity index (χ1n) is 11.5. The molecule has 7 heteroatoms. The van der Waals surface area contributed by atoms with Crippen molar-refractivity contribution >= 4 is 22.7 Å². The molecule has 0 radical (unpaired) electrons. The molecule has 0 spiro atoms. The van der Waals surface area contributed by atoms with Crippen molar-refractivity contribution in [2.75, 3.05) is 46.3 Å². The van der Waals surface area contributed by atoms with E-state index in [-0.39, 0.29) is 17.7 Å². The van der Waals surface area contributed by atoms with E-state index in [1.165, 1.54) is 12.8 Å². The Balaban J connectivity index is 1.35. The Bertz CT molecular complexity index is 908. The van der Waals surface area contributed by atoms with Crippen LogP contribution in [0.5, 0.6) is 0 Å². The summed E-state index contributed by atoms with van der Waals surface area (Å²) in [5, 5.41) is 4.07. The summed E-state index contributed by atoms with van der Waals surface area (Å²) in [5.74, 6) is -0.140. The fourth-order valence-corrected chi connectivity index (χ4v) is 4.79. The zero-order valence-electron chi connectivity index (χ0n) is 18.9. The smallest absolute Gasteiger partial charge is 0.252 e. The lowest BCUT2D eigenvalue weighted by Crippen LogP contribution is -2.58. The number of benzene rings is 1. The second kappa shape index (κ2) is 9.40. The monoisotopic (exact) mass is 425 g/mol. The highest BCUT2D eigenvalue weighted by molar-refractivity contribution is 6.00. The van der Waals surface area contributed by atoms with Crippen LogP contribution in [-0.4, -0.2) is 89.9 Å². The van der Waals surface area contributed by atoms with Gasteiger partial charge in [0, 0.05) is 49.5 Å². The van der Waals surface area contributed by atoms with Crippen LogP contribution < -0.4 is 5.32 Å². The number of H-pyrrole nitrogens is 1. The molecule has 2 N–H and O–H groups in total. The van der Waals surface area contributed by atoms with E-state index in [1.54, 1.807) is 0 Å². The maximum absolute atomic E-state index is 13.3. The number of aromatic nitrogens is 1. The number of carbonyl (C=O) groups excluding carboxylic acids is 2. The summed E-state index contributed by atoms with van der Waals surface area (Å²) in [6.45, 7) is 9.60. The van der Waals surface area contributed by atoms with Crippen LogP contribution in [0.1, 0.15) is 37.0 Å². The average Bonchev–Trinajstić information content (AvgIpc) is 3.25. The highest BCUT2D eigenvalue weighted by Gasteiger charge is 2.33. The van der Waals surface area contributed by atoms with E-state index in [2.05, 4.69) is 27.1 Å². The van der Waals surface area contributed by atoms with Gasteiger partial charge in [-0.05, 0) is 62.5 Å². The fourth-order valence-electron chi connectivity index (χ4n) is 4.79. The zero-order chi connectivity index (χ0) is 22.0. The number of hydrogen-bond acceptors (Lipinski definition) is 4. The van der Waals surface area contributed by atoms with Crippen molar-refractivity contribution in [2.45, 2.75) is 38.8 Å². The van der Waals surface area contributed by atoms with Crippen molar-refractivity contribution in [3.8, 4) is 0 Å². The number of amides is 2. The van der Waals surface area contributed by atoms with Crippen molar-refractivity contribution < 1.29 is 9.59 Å². The minimum atomic E-state index is -0.512. The Kier molecular flexibility index (Phi) is 6.62. The van der Waals surface area contributed by atoms with E-state index in [0.717, 1.165) is 50.2 Å². The highest BCUT2D eigenvalue weighted by atomic mass is 16.2. The number of rotatable bonds is 5. The Morgan fingerprint density at radius 2 is 1.74 bits per heavy atom. The first-order chi connectivity index (χ1) is 14.9. The van der Waals surface area contributed by atoms with Crippen LogP contribution in [-0.2, 0) is 4.79 Å². The molecule has 4 rings (SSSR count). The molecular weight excluding hydrogens is 390 g/mol. The predicted octanol–water partition coefficient (Wildman–Crippen LogP) is 2.16. The number of likely N-dealkylation sites (tertiary alicyclic amines) is 1. The number of aromatic amines is 1. The summed E-state index contributed by atoms with van der Waals surface area (Å²) in [4.78, 5) is 36.2. The first kappa shape index (κ1) is 21.8. The largest absolute Gasteiger partial charge is 0.361 e. The first-order valence-corrected chi connectivity index (χ1v) is 11.5. The lowest BCUT2D eigenvalue weighted by molar-refractivity contribution is -0.136. The standard InChI is InChI=1S/C24H35N5O2/c1-17(2)22(26-23(30)19-5-4-18-6-9-25-21(18)16-19)24(31)29-14-12-28(13-15-29)20-7-10-27(3)11-8-20/h4-6,9,16-17,20,22,25H,7-8,10-15H2,1-3H3,(H,26,30)/t22-/m1/s1. The molecule has 0 unspecified atom stereocenters. The lowest BCUT2D eigenvalue weighted by Gasteiger charge is -2.43. The third kappa shape index (κ3) is 4.93. The van der Waals surface area contributed by atoms with E-state index in [9.17, 15) is 9.59 Å². The van der Waals surface area contributed by atoms with Gasteiger partial charge in [0.2, 0.25) is 5.91 Å². The number of piperazine rings is 1. The highest BCUT2D eigenvalue weighted by Crippen LogP contribution is 2.19. The van der Waals surface area contributed by atoms with Crippen molar-refractivity contribution in [3.05, 3.63) is 36.0 Å². The number of carbonyl (C=O) groups is 2. The molecule has 2 fully saturated rings. The van der Waals surface area contributed by atoms with Gasteiger partial charge in [0.25, 0.3) is 5.91 Å². The van der Waals surface area contributed by atoms with Crippen LogP contribution in [0.25, 0.3) is 10.9 Å². The summed E-state index contributed by atoms with van der Waals surface area (Å²) in [7, 11) is 2.18. The van der Waals surface area contributed by atoms with Crippen molar-refractivity contribution in [3.63, 3.8) is 0 Å². The number of fused-ring (bicyclic) bond motifs is 1. The minimum Gasteiger partial charge on any atom is -0.361 e. The zero-order valence-corrected chi connectivity index (χ0v) is 18.9. The van der Waals surface area contributed by atoms with Gasteiger partial charge >= 0.3 is 0 Å². The van der Waals surface area contributed by atoms with Crippen LogP contribution in [0.15, 0.2) is 30.5 Å². The van der Waals surface area contributed by atoms with Gasteiger partial charge in [-0.1, -0.05) is 19.9 Å². The van der Waals surface area contributed by atoms with E-state index in [1.807, 2.05) is 49.2 Å². The maximum atomic E-state index is 13.3. The maximum Gasteiger partial charge on any atom is 0.252 e. The van der Waals surface area contributed by atoms with Crippen LogP contribution in [0.4, 0.5) is 0 Å². The van der Waals surface area contributed by atoms with Crippen LogP contribution >= 0.6 is 0 Å². The molecule has 0 saturated carbocycles. The molecule has 2 aromatic rings. The summed E-state index contributed by atoms with van der Waals surface area (Å²) in [6.07, 6.45) is 4.28. The molecule has 3 heterocycles. The molecule has 7 nitrogen and oxygen atoms in total. The SMILES string of the molecule is CC(C)[C@@H](NC(=O)c1ccc2cc[nH]c2c1)C(=O)N1CCN(C2CCN(C)CC2)CC1. The minimum absolute atomic E-state index is 0.0255. The van der Waals surface area contributed by atoms with Gasteiger partial charge in [0.1, 0.15) is 6.04 Å². The quantitative estimate of drug-likeness (QED) is 0.770. The van der Waals surface area contributed by atoms with Gasteiger partial charge < -0.3 is 20.1 Å².